The number of nitrogens with one attached hydrogen (secondary N) is 1. The van der Waals surface area contributed by atoms with Crippen molar-refractivity contribution in [2.45, 2.75) is 38.5 Å². The molecule has 14 heteroatoms. The molecule has 40 heavy (non-hydrogen) atoms. The molecule has 0 bridgehead atoms. The van der Waals surface area contributed by atoms with Crippen molar-refractivity contribution >= 4 is 28.7 Å². The number of hydrogen-bond donors (Lipinski definition) is 2. The lowest BCUT2D eigenvalue weighted by atomic mass is 10.1. The number of benzene rings is 1. The van der Waals surface area contributed by atoms with E-state index >= 15 is 0 Å². The summed E-state index contributed by atoms with van der Waals surface area (Å²) in [7, 11) is 1.53. The van der Waals surface area contributed by atoms with Gasteiger partial charge in [-0.25, -0.2) is 8.91 Å². The van der Waals surface area contributed by atoms with Crippen molar-refractivity contribution in [2.24, 2.45) is 0 Å². The molecular weight excluding hydrogens is 541 g/mol. The van der Waals surface area contributed by atoms with Gasteiger partial charge in [0.2, 0.25) is 5.82 Å². The molecule has 1 atom stereocenters. The van der Waals surface area contributed by atoms with Crippen molar-refractivity contribution < 1.29 is 19.0 Å². The van der Waals surface area contributed by atoms with E-state index in [9.17, 15) is 14.3 Å². The van der Waals surface area contributed by atoms with E-state index in [-0.39, 0.29) is 41.3 Å². The molecule has 1 fully saturated rings. The van der Waals surface area contributed by atoms with Crippen LogP contribution in [0, 0.1) is 12.7 Å². The van der Waals surface area contributed by atoms with Gasteiger partial charge in [0, 0.05) is 25.1 Å². The molecule has 1 aliphatic carbocycles. The number of nitrogens with zero attached hydrogens (tertiary/aromatic N) is 8. The number of aryl methyl sites for hydroxylation is 1. The second-order valence-electron chi connectivity index (χ2n) is 9.69. The fourth-order valence-electron chi connectivity index (χ4n) is 4.48. The minimum atomic E-state index is -0.690. The number of hydrogen-bond acceptors (Lipinski definition) is 8. The predicted molar refractivity (Wildman–Crippen MR) is 143 cm³/mol. The van der Waals surface area contributed by atoms with Gasteiger partial charge in [0.25, 0.3) is 5.91 Å². The van der Waals surface area contributed by atoms with Crippen LogP contribution < -0.4 is 5.32 Å². The van der Waals surface area contributed by atoms with E-state index in [0.717, 1.165) is 35.7 Å². The molecule has 0 aliphatic heterocycles. The summed E-state index contributed by atoms with van der Waals surface area (Å²) in [5, 5.41) is 33.9. The van der Waals surface area contributed by atoms with Gasteiger partial charge < -0.3 is 15.2 Å². The minimum absolute atomic E-state index is 0.0278. The largest absolute Gasteiger partial charge is 0.389 e. The van der Waals surface area contributed by atoms with Crippen LogP contribution in [0.4, 0.5) is 10.1 Å². The summed E-state index contributed by atoms with van der Waals surface area (Å²) in [5.41, 5.74) is 3.55. The lowest BCUT2D eigenvalue weighted by molar-refractivity contribution is 0.0513. The van der Waals surface area contributed by atoms with E-state index in [2.05, 4.69) is 30.9 Å². The minimum Gasteiger partial charge on any atom is -0.389 e. The third-order valence-corrected chi connectivity index (χ3v) is 6.94. The van der Waals surface area contributed by atoms with Gasteiger partial charge in [-0.05, 0) is 54.8 Å². The van der Waals surface area contributed by atoms with Gasteiger partial charge in [0.15, 0.2) is 0 Å². The van der Waals surface area contributed by atoms with Gasteiger partial charge in [0.1, 0.15) is 5.82 Å². The number of anilines is 1. The van der Waals surface area contributed by atoms with Crippen molar-refractivity contribution in [1.82, 2.24) is 39.6 Å². The molecule has 1 saturated carbocycles. The van der Waals surface area contributed by atoms with Crippen LogP contribution >= 0.6 is 11.6 Å². The van der Waals surface area contributed by atoms with Crippen molar-refractivity contribution in [2.75, 3.05) is 19.0 Å². The maximum atomic E-state index is 14.8. The number of ether oxygens (including phenoxy) is 1. The number of fused-ring (bicyclic) bond motifs is 1. The normalized spacial score (nSPS) is 14.1. The molecule has 4 aromatic heterocycles. The molecule has 1 aliphatic rings. The van der Waals surface area contributed by atoms with E-state index in [1.807, 2.05) is 25.3 Å². The summed E-state index contributed by atoms with van der Waals surface area (Å²) in [5.74, 6) is -0.983. The van der Waals surface area contributed by atoms with Gasteiger partial charge in [-0.15, -0.1) is 10.2 Å². The average molecular weight is 566 g/mol. The fourth-order valence-corrected chi connectivity index (χ4v) is 4.68. The van der Waals surface area contributed by atoms with Gasteiger partial charge in [-0.3, -0.25) is 9.48 Å². The number of aliphatic hydroxyl groups is 1. The highest BCUT2D eigenvalue weighted by Gasteiger charge is 2.27. The molecule has 1 unspecified atom stereocenters. The number of methoxy groups -OCH3 is 1. The molecule has 1 amide bonds. The van der Waals surface area contributed by atoms with Crippen LogP contribution in [0.1, 0.15) is 34.9 Å². The molecule has 1 aromatic carbocycles. The maximum Gasteiger partial charge on any atom is 0.259 e. The first-order chi connectivity index (χ1) is 19.3. The molecule has 2 N–H and O–H groups in total. The number of halogens is 2. The zero-order chi connectivity index (χ0) is 28.0. The summed E-state index contributed by atoms with van der Waals surface area (Å²) in [6.45, 7) is 2.35. The second-order valence-corrected chi connectivity index (χ2v) is 10.1. The lowest BCUT2D eigenvalue weighted by Gasteiger charge is -2.09. The molecular formula is C26H25ClFN9O3. The zero-order valence-electron chi connectivity index (χ0n) is 21.6. The number of tetrazole rings is 1. The van der Waals surface area contributed by atoms with E-state index in [1.54, 1.807) is 15.4 Å². The molecule has 6 rings (SSSR count). The fraction of sp³-hybridized carbons (Fsp3) is 0.308. The average Bonchev–Trinajstić information content (AvgIpc) is 3.32. The van der Waals surface area contributed by atoms with Gasteiger partial charge in [0.05, 0.1) is 64.5 Å². The summed E-state index contributed by atoms with van der Waals surface area (Å²) in [6.07, 6.45) is 6.26. The molecule has 206 valence electrons. The quantitative estimate of drug-likeness (QED) is 0.277. The molecule has 12 nitrogen and oxygen atoms in total. The first-order valence-corrected chi connectivity index (χ1v) is 13.0. The van der Waals surface area contributed by atoms with Crippen LogP contribution in [0.15, 0.2) is 42.9 Å². The summed E-state index contributed by atoms with van der Waals surface area (Å²) >= 11 is 6.29. The van der Waals surface area contributed by atoms with Crippen molar-refractivity contribution in [3.05, 3.63) is 65.0 Å². The third kappa shape index (κ3) is 5.06. The molecule has 0 radical (unpaired) electrons. The molecule has 0 saturated heterocycles. The van der Waals surface area contributed by atoms with Crippen LogP contribution in [-0.2, 0) is 11.3 Å². The smallest absolute Gasteiger partial charge is 0.259 e. The summed E-state index contributed by atoms with van der Waals surface area (Å²) in [4.78, 5) is 14.8. The molecule has 5 aromatic rings. The number of aromatic nitrogens is 8. The first kappa shape index (κ1) is 26.0. The Morgan fingerprint density at radius 1 is 1.27 bits per heavy atom. The molecule has 0 spiro atoms. The Bertz CT molecular complexity index is 1730. The second kappa shape index (κ2) is 10.4. The summed E-state index contributed by atoms with van der Waals surface area (Å²) < 4.78 is 23.0. The highest BCUT2D eigenvalue weighted by Crippen LogP contribution is 2.35. The van der Waals surface area contributed by atoms with Crippen LogP contribution in [-0.4, -0.2) is 70.4 Å². The first-order valence-electron chi connectivity index (χ1n) is 12.6. The number of carbonyl (C=O) groups excluding carboxylic acids is 1. The van der Waals surface area contributed by atoms with Crippen molar-refractivity contribution in [3.8, 4) is 22.5 Å². The van der Waals surface area contributed by atoms with Gasteiger partial charge >= 0.3 is 0 Å². The van der Waals surface area contributed by atoms with E-state index in [0.29, 0.717) is 11.1 Å². The topological polar surface area (TPSA) is 137 Å². The lowest BCUT2D eigenvalue weighted by Crippen LogP contribution is -2.21. The van der Waals surface area contributed by atoms with Crippen molar-refractivity contribution in [1.29, 1.82) is 0 Å². The van der Waals surface area contributed by atoms with Crippen LogP contribution in [0.3, 0.4) is 0 Å². The number of aliphatic hydroxyl groups excluding tert-OH is 1. The highest BCUT2D eigenvalue weighted by molar-refractivity contribution is 6.34. The standard InChI is InChI=1S/C26H25ClFN9O3/c1-14-20(12-35(32-14)11-17(38)13-40-2)15-5-6-36-24(7-15)19(10-29-36)26(39)30-23-8-18(22(28)9-21(23)27)25-31-34-37(33-25)16-3-4-16/h5-10,12,16-17,38H,3-4,11,13H2,1-2H3,(H,30,39). The van der Waals surface area contributed by atoms with E-state index in [4.69, 9.17) is 16.3 Å². The number of pyridine rings is 1. The predicted octanol–water partition coefficient (Wildman–Crippen LogP) is 3.55. The highest BCUT2D eigenvalue weighted by atomic mass is 35.5. The van der Waals surface area contributed by atoms with E-state index in [1.165, 1.54) is 24.2 Å². The Kier molecular flexibility index (Phi) is 6.78. The third-order valence-electron chi connectivity index (χ3n) is 6.63. The van der Waals surface area contributed by atoms with Gasteiger partial charge in [-0.2, -0.15) is 15.0 Å². The number of carbonyl (C=O) groups is 1. The monoisotopic (exact) mass is 565 g/mol. The Hall–Kier alpha value is -4.20. The van der Waals surface area contributed by atoms with Crippen LogP contribution in [0.25, 0.3) is 28.0 Å². The SMILES string of the molecule is COCC(O)Cn1cc(-c2ccn3ncc(C(=O)Nc4cc(-c5nnn(C6CC6)n5)c(F)cc4Cl)c3c2)c(C)n1. The Balaban J connectivity index is 1.27. The number of amides is 1. The Morgan fingerprint density at radius 3 is 2.88 bits per heavy atom. The van der Waals surface area contributed by atoms with Gasteiger partial charge in [-0.1, -0.05) is 11.6 Å². The van der Waals surface area contributed by atoms with Crippen LogP contribution in [0.5, 0.6) is 0 Å². The Morgan fingerprint density at radius 2 is 2.10 bits per heavy atom. The number of rotatable bonds is 9. The summed E-state index contributed by atoms with van der Waals surface area (Å²) in [6, 6.07) is 6.41. The zero-order valence-corrected chi connectivity index (χ0v) is 22.4. The van der Waals surface area contributed by atoms with E-state index < -0.39 is 17.8 Å². The van der Waals surface area contributed by atoms with Crippen molar-refractivity contribution in [3.63, 3.8) is 0 Å². The maximum absolute atomic E-state index is 14.8. The van der Waals surface area contributed by atoms with Crippen LogP contribution in [0.2, 0.25) is 5.02 Å². The molecule has 4 heterocycles. The Labute approximate surface area is 232 Å².